The molecule has 2 rings (SSSR count). The fourth-order valence-electron chi connectivity index (χ4n) is 2.45. The van der Waals surface area contributed by atoms with Crippen LogP contribution in [0, 0.1) is 5.92 Å². The molecule has 132 valence electrons. The number of hydrogen-bond donors (Lipinski definition) is 0. The molecule has 0 aliphatic heterocycles. The zero-order valence-corrected chi connectivity index (χ0v) is 14.6. The van der Waals surface area contributed by atoms with E-state index in [9.17, 15) is 9.59 Å². The Morgan fingerprint density at radius 3 is 2.60 bits per heavy atom. The van der Waals surface area contributed by atoms with Gasteiger partial charge in [0.2, 0.25) is 0 Å². The van der Waals surface area contributed by atoms with Crippen molar-refractivity contribution in [2.24, 2.45) is 5.92 Å². The van der Waals surface area contributed by atoms with Crippen LogP contribution in [0.1, 0.15) is 23.0 Å². The summed E-state index contributed by atoms with van der Waals surface area (Å²) in [5.74, 6) is -0.391. The van der Waals surface area contributed by atoms with E-state index in [0.717, 1.165) is 5.69 Å². The summed E-state index contributed by atoms with van der Waals surface area (Å²) in [5, 5.41) is 0. The van der Waals surface area contributed by atoms with Gasteiger partial charge in [-0.25, -0.2) is 0 Å². The number of amides is 1. The van der Waals surface area contributed by atoms with E-state index in [0.29, 0.717) is 17.9 Å². The van der Waals surface area contributed by atoms with Crippen molar-refractivity contribution in [2.75, 3.05) is 20.8 Å². The molecular weight excluding hydrogens is 320 g/mol. The maximum atomic E-state index is 13.0. The van der Waals surface area contributed by atoms with Gasteiger partial charge >= 0.3 is 5.97 Å². The van der Waals surface area contributed by atoms with Gasteiger partial charge in [0.15, 0.2) is 0 Å². The van der Waals surface area contributed by atoms with E-state index in [2.05, 4.69) is 4.98 Å². The molecule has 0 aliphatic carbocycles. The van der Waals surface area contributed by atoms with Crippen LogP contribution in [-0.4, -0.2) is 42.5 Å². The molecule has 0 radical (unpaired) electrons. The summed E-state index contributed by atoms with van der Waals surface area (Å²) >= 11 is 0. The number of pyridine rings is 1. The fraction of sp³-hybridized carbons (Fsp3) is 0.316. The van der Waals surface area contributed by atoms with Crippen LogP contribution in [0.15, 0.2) is 48.7 Å². The number of rotatable bonds is 7. The molecule has 25 heavy (non-hydrogen) atoms. The van der Waals surface area contributed by atoms with Crippen LogP contribution in [-0.2, 0) is 16.1 Å². The van der Waals surface area contributed by atoms with E-state index >= 15 is 0 Å². The third kappa shape index (κ3) is 5.04. The summed E-state index contributed by atoms with van der Waals surface area (Å²) < 4.78 is 9.96. The molecular formula is C19H22N2O4. The van der Waals surface area contributed by atoms with Crippen LogP contribution in [0.4, 0.5) is 0 Å². The van der Waals surface area contributed by atoms with Crippen molar-refractivity contribution in [1.29, 1.82) is 0 Å². The van der Waals surface area contributed by atoms with Crippen molar-refractivity contribution in [3.8, 4) is 5.75 Å². The van der Waals surface area contributed by atoms with Gasteiger partial charge in [0.1, 0.15) is 5.75 Å². The SMILES string of the molecule is COC(=O)C(C)CN(Cc1ccccn1)C(=O)c1cccc(OC)c1. The van der Waals surface area contributed by atoms with Crippen molar-refractivity contribution < 1.29 is 19.1 Å². The predicted octanol–water partition coefficient (Wildman–Crippen LogP) is 2.54. The largest absolute Gasteiger partial charge is 0.497 e. The minimum atomic E-state index is -0.441. The Kier molecular flexibility index (Phi) is 6.51. The summed E-state index contributed by atoms with van der Waals surface area (Å²) in [6, 6.07) is 12.4. The molecule has 1 aromatic carbocycles. The van der Waals surface area contributed by atoms with Crippen molar-refractivity contribution >= 4 is 11.9 Å². The van der Waals surface area contributed by atoms with Crippen LogP contribution in [0.2, 0.25) is 0 Å². The second-order valence-electron chi connectivity index (χ2n) is 5.66. The van der Waals surface area contributed by atoms with E-state index in [1.807, 2.05) is 18.2 Å². The van der Waals surface area contributed by atoms with Gasteiger partial charge in [0.05, 0.1) is 32.4 Å². The minimum absolute atomic E-state index is 0.194. The normalized spacial score (nSPS) is 11.5. The quantitative estimate of drug-likeness (QED) is 0.723. The number of aromatic nitrogens is 1. The molecule has 0 spiro atoms. The molecule has 6 nitrogen and oxygen atoms in total. The van der Waals surface area contributed by atoms with Gasteiger partial charge in [-0.15, -0.1) is 0 Å². The summed E-state index contributed by atoms with van der Waals surface area (Å²) in [6.45, 7) is 2.27. The lowest BCUT2D eigenvalue weighted by Crippen LogP contribution is -2.37. The van der Waals surface area contributed by atoms with Crippen LogP contribution in [0.3, 0.4) is 0 Å². The average Bonchev–Trinajstić information content (AvgIpc) is 2.66. The number of benzene rings is 1. The highest BCUT2D eigenvalue weighted by atomic mass is 16.5. The highest BCUT2D eigenvalue weighted by Gasteiger charge is 2.23. The standard InChI is InChI=1S/C19H22N2O4/c1-14(19(23)25-3)12-21(13-16-8-4-5-10-20-16)18(22)15-7-6-9-17(11-15)24-2/h4-11,14H,12-13H2,1-3H3. The molecule has 2 aromatic rings. The molecule has 1 atom stereocenters. The van der Waals surface area contributed by atoms with Crippen molar-refractivity contribution in [2.45, 2.75) is 13.5 Å². The topological polar surface area (TPSA) is 68.7 Å². The first-order chi connectivity index (χ1) is 12.0. The first-order valence-corrected chi connectivity index (χ1v) is 7.96. The predicted molar refractivity (Wildman–Crippen MR) is 93.2 cm³/mol. The van der Waals surface area contributed by atoms with Gasteiger partial charge in [0, 0.05) is 18.3 Å². The average molecular weight is 342 g/mol. The molecule has 1 unspecified atom stereocenters. The summed E-state index contributed by atoms with van der Waals surface area (Å²) in [5.41, 5.74) is 1.24. The monoisotopic (exact) mass is 342 g/mol. The molecule has 1 aromatic heterocycles. The molecule has 6 heteroatoms. The number of methoxy groups -OCH3 is 2. The third-order valence-electron chi connectivity index (χ3n) is 3.78. The maximum absolute atomic E-state index is 13.0. The van der Waals surface area contributed by atoms with Gasteiger partial charge < -0.3 is 14.4 Å². The number of hydrogen-bond acceptors (Lipinski definition) is 5. The number of carbonyl (C=O) groups is 2. The summed E-state index contributed by atoms with van der Waals surface area (Å²) in [4.78, 5) is 30.6. The van der Waals surface area contributed by atoms with Crippen molar-refractivity contribution in [3.63, 3.8) is 0 Å². The highest BCUT2D eigenvalue weighted by molar-refractivity contribution is 5.94. The lowest BCUT2D eigenvalue weighted by atomic mass is 10.1. The third-order valence-corrected chi connectivity index (χ3v) is 3.78. The summed E-state index contributed by atoms with van der Waals surface area (Å²) in [6.07, 6.45) is 1.67. The first kappa shape index (κ1) is 18.4. The van der Waals surface area contributed by atoms with Gasteiger partial charge in [-0.1, -0.05) is 19.1 Å². The van der Waals surface area contributed by atoms with Gasteiger partial charge in [-0.05, 0) is 30.3 Å². The Bertz CT molecular complexity index is 718. The van der Waals surface area contributed by atoms with Crippen LogP contribution >= 0.6 is 0 Å². The smallest absolute Gasteiger partial charge is 0.310 e. The number of ether oxygens (including phenoxy) is 2. The molecule has 0 N–H and O–H groups in total. The molecule has 0 saturated heterocycles. The molecule has 1 heterocycles. The second-order valence-corrected chi connectivity index (χ2v) is 5.66. The number of nitrogens with zero attached hydrogens (tertiary/aromatic N) is 2. The molecule has 0 saturated carbocycles. The minimum Gasteiger partial charge on any atom is -0.497 e. The molecule has 0 bridgehead atoms. The highest BCUT2D eigenvalue weighted by Crippen LogP contribution is 2.17. The van der Waals surface area contributed by atoms with E-state index in [1.165, 1.54) is 7.11 Å². The van der Waals surface area contributed by atoms with E-state index < -0.39 is 5.92 Å². The van der Waals surface area contributed by atoms with E-state index in [1.54, 1.807) is 49.4 Å². The Labute approximate surface area is 147 Å². The van der Waals surface area contributed by atoms with Crippen LogP contribution < -0.4 is 4.74 Å². The zero-order valence-electron chi connectivity index (χ0n) is 14.6. The lowest BCUT2D eigenvalue weighted by molar-refractivity contribution is -0.145. The van der Waals surface area contributed by atoms with Crippen LogP contribution in [0.25, 0.3) is 0 Å². The zero-order chi connectivity index (χ0) is 18.2. The van der Waals surface area contributed by atoms with E-state index in [-0.39, 0.29) is 18.4 Å². The first-order valence-electron chi connectivity index (χ1n) is 7.96. The van der Waals surface area contributed by atoms with Gasteiger partial charge in [-0.2, -0.15) is 0 Å². The van der Waals surface area contributed by atoms with Gasteiger partial charge in [-0.3, -0.25) is 14.6 Å². The second kappa shape index (κ2) is 8.82. The number of carbonyl (C=O) groups excluding carboxylic acids is 2. The Morgan fingerprint density at radius 2 is 1.96 bits per heavy atom. The van der Waals surface area contributed by atoms with Crippen molar-refractivity contribution in [3.05, 3.63) is 59.9 Å². The van der Waals surface area contributed by atoms with Crippen LogP contribution in [0.5, 0.6) is 5.75 Å². The van der Waals surface area contributed by atoms with Gasteiger partial charge in [0.25, 0.3) is 5.91 Å². The number of esters is 1. The molecule has 1 amide bonds. The Hall–Kier alpha value is -2.89. The Morgan fingerprint density at radius 1 is 1.16 bits per heavy atom. The molecule has 0 fully saturated rings. The lowest BCUT2D eigenvalue weighted by Gasteiger charge is -2.25. The summed E-state index contributed by atoms with van der Waals surface area (Å²) in [7, 11) is 2.89. The van der Waals surface area contributed by atoms with Crippen molar-refractivity contribution in [1.82, 2.24) is 9.88 Å². The maximum Gasteiger partial charge on any atom is 0.310 e. The molecule has 0 aliphatic rings. The fourth-order valence-corrected chi connectivity index (χ4v) is 2.45. The van der Waals surface area contributed by atoms with E-state index in [4.69, 9.17) is 9.47 Å². The Balaban J connectivity index is 2.25.